The van der Waals surface area contributed by atoms with E-state index in [1.54, 1.807) is 6.07 Å². The van der Waals surface area contributed by atoms with Crippen LogP contribution in [0, 0.1) is 10.1 Å². The lowest BCUT2D eigenvalue weighted by molar-refractivity contribution is -0.385. The van der Waals surface area contributed by atoms with E-state index in [0.717, 1.165) is 18.4 Å². The van der Waals surface area contributed by atoms with Crippen molar-refractivity contribution < 1.29 is 4.92 Å². The zero-order chi connectivity index (χ0) is 13.7. The molecule has 0 N–H and O–H groups in total. The molecule has 1 aromatic rings. The highest BCUT2D eigenvalue weighted by Crippen LogP contribution is 2.48. The Morgan fingerprint density at radius 2 is 1.56 bits per heavy atom. The van der Waals surface area contributed by atoms with Gasteiger partial charge in [-0.2, -0.15) is 0 Å². The molecular formula is C14H18BrNO2. The fourth-order valence-corrected chi connectivity index (χ4v) is 3.20. The molecule has 1 aromatic carbocycles. The number of benzene rings is 1. The minimum Gasteiger partial charge on any atom is -0.258 e. The molecule has 2 rings (SSSR count). The predicted octanol–water partition coefficient (Wildman–Crippen LogP) is 4.71. The van der Waals surface area contributed by atoms with Gasteiger partial charge in [-0.1, -0.05) is 27.7 Å². The van der Waals surface area contributed by atoms with Gasteiger partial charge >= 0.3 is 0 Å². The Hall–Kier alpha value is -0.900. The average Bonchev–Trinajstić information content (AvgIpc) is 2.24. The maximum atomic E-state index is 11.1. The van der Waals surface area contributed by atoms with Crippen molar-refractivity contribution in [2.75, 3.05) is 0 Å². The van der Waals surface area contributed by atoms with Crippen LogP contribution in [0.15, 0.2) is 16.6 Å². The van der Waals surface area contributed by atoms with Crippen LogP contribution in [0.5, 0.6) is 0 Å². The van der Waals surface area contributed by atoms with Crippen molar-refractivity contribution in [1.29, 1.82) is 0 Å². The van der Waals surface area contributed by atoms with Crippen LogP contribution < -0.4 is 0 Å². The van der Waals surface area contributed by atoms with Gasteiger partial charge in [-0.15, -0.1) is 0 Å². The molecule has 0 amide bonds. The van der Waals surface area contributed by atoms with Gasteiger partial charge in [0.15, 0.2) is 0 Å². The normalized spacial score (nSPS) is 20.3. The van der Waals surface area contributed by atoms with E-state index in [9.17, 15) is 10.1 Å². The molecule has 0 radical (unpaired) electrons. The van der Waals surface area contributed by atoms with Gasteiger partial charge in [0.1, 0.15) is 0 Å². The number of fused-ring (bicyclic) bond motifs is 1. The van der Waals surface area contributed by atoms with Crippen molar-refractivity contribution in [3.63, 3.8) is 0 Å². The van der Waals surface area contributed by atoms with Crippen molar-refractivity contribution in [2.24, 2.45) is 0 Å². The van der Waals surface area contributed by atoms with Crippen LogP contribution in [-0.4, -0.2) is 4.92 Å². The molecule has 0 aliphatic heterocycles. The Bertz CT molecular complexity index is 521. The van der Waals surface area contributed by atoms with E-state index < -0.39 is 0 Å². The van der Waals surface area contributed by atoms with Gasteiger partial charge in [-0.25, -0.2) is 0 Å². The summed E-state index contributed by atoms with van der Waals surface area (Å²) >= 11 is 3.32. The largest absolute Gasteiger partial charge is 0.283 e. The maximum Gasteiger partial charge on any atom is 0.283 e. The molecule has 98 valence electrons. The molecule has 0 saturated carbocycles. The molecule has 0 unspecified atom stereocenters. The molecule has 18 heavy (non-hydrogen) atoms. The SMILES string of the molecule is CC1(C)CCC(C)(C)c2cc([N+](=O)[O-])c(Br)cc21. The standard InChI is InChI=1S/C14H18BrNO2/c1-13(2)5-6-14(3,4)10-8-12(16(17)18)11(15)7-9(10)13/h7-8H,5-6H2,1-4H3. The maximum absolute atomic E-state index is 11.1. The summed E-state index contributed by atoms with van der Waals surface area (Å²) in [7, 11) is 0. The molecule has 1 aliphatic rings. The van der Waals surface area contributed by atoms with Crippen molar-refractivity contribution >= 4 is 21.6 Å². The lowest BCUT2D eigenvalue weighted by Crippen LogP contribution is -2.33. The minimum atomic E-state index is -0.317. The predicted molar refractivity (Wildman–Crippen MR) is 76.1 cm³/mol. The third-order valence-electron chi connectivity index (χ3n) is 4.12. The Morgan fingerprint density at radius 1 is 1.11 bits per heavy atom. The number of hydrogen-bond donors (Lipinski definition) is 0. The molecule has 0 saturated heterocycles. The minimum absolute atomic E-state index is 0.0102. The van der Waals surface area contributed by atoms with Crippen LogP contribution >= 0.6 is 15.9 Å². The zero-order valence-corrected chi connectivity index (χ0v) is 12.8. The van der Waals surface area contributed by atoms with Crippen LogP contribution in [0.3, 0.4) is 0 Å². The highest BCUT2D eigenvalue weighted by atomic mass is 79.9. The van der Waals surface area contributed by atoms with Crippen LogP contribution in [0.1, 0.15) is 51.7 Å². The smallest absolute Gasteiger partial charge is 0.258 e. The van der Waals surface area contributed by atoms with Crippen molar-refractivity contribution in [2.45, 2.75) is 51.4 Å². The molecule has 1 aliphatic carbocycles. The monoisotopic (exact) mass is 311 g/mol. The van der Waals surface area contributed by atoms with Crippen LogP contribution in [0.2, 0.25) is 0 Å². The van der Waals surface area contributed by atoms with Crippen LogP contribution in [0.4, 0.5) is 5.69 Å². The van der Waals surface area contributed by atoms with Gasteiger partial charge in [-0.3, -0.25) is 10.1 Å². The second-order valence-electron chi connectivity index (χ2n) is 6.37. The van der Waals surface area contributed by atoms with E-state index >= 15 is 0 Å². The van der Waals surface area contributed by atoms with Crippen molar-refractivity contribution in [1.82, 2.24) is 0 Å². The number of nitro benzene ring substituents is 1. The van der Waals surface area contributed by atoms with E-state index in [0.29, 0.717) is 4.47 Å². The highest BCUT2D eigenvalue weighted by molar-refractivity contribution is 9.10. The first-order valence-electron chi connectivity index (χ1n) is 6.14. The fourth-order valence-electron chi connectivity index (χ4n) is 2.72. The summed E-state index contributed by atoms with van der Waals surface area (Å²) < 4.78 is 0.581. The molecule has 3 nitrogen and oxygen atoms in total. The van der Waals surface area contributed by atoms with Crippen molar-refractivity contribution in [3.8, 4) is 0 Å². The molecule has 0 bridgehead atoms. The summed E-state index contributed by atoms with van der Waals surface area (Å²) in [5, 5.41) is 11.1. The number of halogens is 1. The van der Waals surface area contributed by atoms with Gasteiger partial charge < -0.3 is 0 Å². The second-order valence-corrected chi connectivity index (χ2v) is 7.23. The molecular weight excluding hydrogens is 294 g/mol. The number of rotatable bonds is 1. The van der Waals surface area contributed by atoms with Crippen LogP contribution in [-0.2, 0) is 10.8 Å². The van der Waals surface area contributed by atoms with E-state index in [2.05, 4.69) is 43.6 Å². The average molecular weight is 312 g/mol. The fraction of sp³-hybridized carbons (Fsp3) is 0.571. The zero-order valence-electron chi connectivity index (χ0n) is 11.2. The summed E-state index contributed by atoms with van der Waals surface area (Å²) in [6.45, 7) is 8.75. The lowest BCUT2D eigenvalue weighted by Gasteiger charge is -2.41. The second kappa shape index (κ2) is 4.05. The van der Waals surface area contributed by atoms with E-state index in [1.807, 2.05) is 6.07 Å². The number of hydrogen-bond acceptors (Lipinski definition) is 2. The summed E-state index contributed by atoms with van der Waals surface area (Å²) in [6.07, 6.45) is 2.17. The summed E-state index contributed by atoms with van der Waals surface area (Å²) in [5.41, 5.74) is 2.61. The van der Waals surface area contributed by atoms with E-state index in [4.69, 9.17) is 0 Å². The van der Waals surface area contributed by atoms with Crippen molar-refractivity contribution in [3.05, 3.63) is 37.8 Å². The molecule has 0 aromatic heterocycles. The van der Waals surface area contributed by atoms with Gasteiger partial charge in [0, 0.05) is 6.07 Å². The number of nitro groups is 1. The molecule has 4 heteroatoms. The Morgan fingerprint density at radius 3 is 2.00 bits per heavy atom. The van der Waals surface area contributed by atoms with Gasteiger partial charge in [0.05, 0.1) is 9.40 Å². The number of nitrogens with zero attached hydrogens (tertiary/aromatic N) is 1. The summed E-state index contributed by atoms with van der Waals surface area (Å²) in [6, 6.07) is 3.69. The Balaban J connectivity index is 2.73. The first-order valence-corrected chi connectivity index (χ1v) is 6.93. The third-order valence-corrected chi connectivity index (χ3v) is 4.75. The van der Waals surface area contributed by atoms with E-state index in [1.165, 1.54) is 5.56 Å². The molecule has 0 spiro atoms. The first-order chi connectivity index (χ1) is 8.15. The summed E-state index contributed by atoms with van der Waals surface area (Å²) in [5.74, 6) is 0. The van der Waals surface area contributed by atoms with E-state index in [-0.39, 0.29) is 21.4 Å². The molecule has 0 fully saturated rings. The third kappa shape index (κ3) is 2.07. The quantitative estimate of drug-likeness (QED) is 0.557. The summed E-state index contributed by atoms with van der Waals surface area (Å²) in [4.78, 5) is 10.7. The first kappa shape index (κ1) is 13.5. The molecule has 0 atom stereocenters. The van der Waals surface area contributed by atoms with Crippen LogP contribution in [0.25, 0.3) is 0 Å². The topological polar surface area (TPSA) is 43.1 Å². The highest BCUT2D eigenvalue weighted by Gasteiger charge is 2.38. The van der Waals surface area contributed by atoms with Gasteiger partial charge in [0.2, 0.25) is 0 Å². The van der Waals surface area contributed by atoms with Gasteiger partial charge in [-0.05, 0) is 56.8 Å². The Kier molecular flexibility index (Phi) is 3.05. The lowest BCUT2D eigenvalue weighted by atomic mass is 9.63. The molecule has 0 heterocycles. The Labute approximate surface area is 116 Å². The van der Waals surface area contributed by atoms with Gasteiger partial charge in [0.25, 0.3) is 5.69 Å².